The Morgan fingerprint density at radius 1 is 1.23 bits per heavy atom. The van der Waals surface area contributed by atoms with Crippen molar-refractivity contribution in [3.05, 3.63) is 35.9 Å². The Bertz CT molecular complexity index is 443. The number of piperidine rings is 1. The van der Waals surface area contributed by atoms with Gasteiger partial charge in [0.25, 0.3) is 0 Å². The molecule has 1 aliphatic rings. The van der Waals surface area contributed by atoms with Gasteiger partial charge in [-0.1, -0.05) is 43.7 Å². The Kier molecular flexibility index (Phi) is 6.87. The lowest BCUT2D eigenvalue weighted by Gasteiger charge is -2.26. The molecule has 1 heterocycles. The molecule has 4 heteroatoms. The highest BCUT2D eigenvalue weighted by Crippen LogP contribution is 2.18. The van der Waals surface area contributed by atoms with E-state index in [1.807, 2.05) is 37.3 Å². The van der Waals surface area contributed by atoms with E-state index < -0.39 is 0 Å². The zero-order valence-corrected chi connectivity index (χ0v) is 13.6. The zero-order chi connectivity index (χ0) is 15.8. The van der Waals surface area contributed by atoms with Crippen LogP contribution in [0.3, 0.4) is 0 Å². The molecule has 0 aromatic heterocycles. The van der Waals surface area contributed by atoms with Crippen molar-refractivity contribution >= 4 is 5.91 Å². The molecule has 2 rings (SSSR count). The topological polar surface area (TPSA) is 58.4 Å². The molecule has 3 N–H and O–H groups in total. The summed E-state index contributed by atoms with van der Waals surface area (Å²) in [4.78, 5) is 14.7. The second-order valence-corrected chi connectivity index (χ2v) is 6.27. The number of rotatable bonds is 7. The molecule has 1 amide bonds. The lowest BCUT2D eigenvalue weighted by molar-refractivity contribution is -0.125. The Morgan fingerprint density at radius 2 is 1.91 bits per heavy atom. The fraction of sp³-hybridized carbons (Fsp3) is 0.611. The molecule has 0 radical (unpaired) electrons. The van der Waals surface area contributed by atoms with Crippen LogP contribution < -0.4 is 11.1 Å². The average molecular weight is 303 g/mol. The highest BCUT2D eigenvalue weighted by atomic mass is 16.1. The van der Waals surface area contributed by atoms with Crippen molar-refractivity contribution in [1.29, 1.82) is 0 Å². The molecule has 2 atom stereocenters. The molecule has 0 spiro atoms. The van der Waals surface area contributed by atoms with Crippen LogP contribution in [0.1, 0.15) is 44.2 Å². The van der Waals surface area contributed by atoms with Gasteiger partial charge in [-0.3, -0.25) is 4.79 Å². The predicted octanol–water partition coefficient (Wildman–Crippen LogP) is 2.31. The number of nitrogens with two attached hydrogens (primary N) is 1. The smallest absolute Gasteiger partial charge is 0.224 e. The lowest BCUT2D eigenvalue weighted by Crippen LogP contribution is -2.37. The van der Waals surface area contributed by atoms with Crippen LogP contribution in [0.5, 0.6) is 0 Å². The standard InChI is InChI=1S/C18H29N3O/c1-15(17(19)16-9-4-2-5-10-16)18(22)20-11-8-14-21-12-6-3-7-13-21/h2,4-5,9-10,15,17H,3,6-8,11-14,19H2,1H3,(H,20,22). The van der Waals surface area contributed by atoms with Crippen LogP contribution in [-0.4, -0.2) is 37.0 Å². The highest BCUT2D eigenvalue weighted by Gasteiger charge is 2.21. The largest absolute Gasteiger partial charge is 0.356 e. The van der Waals surface area contributed by atoms with Gasteiger partial charge in [0.1, 0.15) is 0 Å². The Morgan fingerprint density at radius 3 is 2.59 bits per heavy atom. The van der Waals surface area contributed by atoms with E-state index in [0.29, 0.717) is 0 Å². The minimum absolute atomic E-state index is 0.0509. The molecule has 1 aromatic carbocycles. The fourth-order valence-corrected chi connectivity index (χ4v) is 2.99. The van der Waals surface area contributed by atoms with E-state index in [1.54, 1.807) is 0 Å². The minimum Gasteiger partial charge on any atom is -0.356 e. The third kappa shape index (κ3) is 5.11. The second-order valence-electron chi connectivity index (χ2n) is 6.27. The van der Waals surface area contributed by atoms with Crippen LogP contribution in [0.2, 0.25) is 0 Å². The molecule has 0 bridgehead atoms. The van der Waals surface area contributed by atoms with E-state index in [-0.39, 0.29) is 17.9 Å². The first-order valence-corrected chi connectivity index (χ1v) is 8.49. The molecular weight excluding hydrogens is 274 g/mol. The molecule has 1 saturated heterocycles. The second kappa shape index (κ2) is 8.91. The third-order valence-corrected chi connectivity index (χ3v) is 4.54. The van der Waals surface area contributed by atoms with E-state index in [1.165, 1.54) is 32.4 Å². The maximum atomic E-state index is 12.2. The first-order chi connectivity index (χ1) is 10.7. The number of carbonyl (C=O) groups excluding carboxylic acids is 1. The van der Waals surface area contributed by atoms with Gasteiger partial charge < -0.3 is 16.0 Å². The number of nitrogens with one attached hydrogen (secondary N) is 1. The highest BCUT2D eigenvalue weighted by molar-refractivity contribution is 5.79. The lowest BCUT2D eigenvalue weighted by atomic mass is 9.95. The first kappa shape index (κ1) is 17.0. The van der Waals surface area contributed by atoms with Crippen molar-refractivity contribution < 1.29 is 4.79 Å². The van der Waals surface area contributed by atoms with E-state index in [0.717, 1.165) is 25.1 Å². The van der Waals surface area contributed by atoms with Crippen LogP contribution in [0, 0.1) is 5.92 Å². The summed E-state index contributed by atoms with van der Waals surface area (Å²) in [7, 11) is 0. The number of likely N-dealkylation sites (tertiary alicyclic amines) is 1. The monoisotopic (exact) mass is 303 g/mol. The van der Waals surface area contributed by atoms with Crippen molar-refractivity contribution in [2.75, 3.05) is 26.2 Å². The molecule has 4 nitrogen and oxygen atoms in total. The average Bonchev–Trinajstić information content (AvgIpc) is 2.59. The molecule has 2 unspecified atom stereocenters. The summed E-state index contributed by atoms with van der Waals surface area (Å²) in [5.74, 6) is -0.160. The third-order valence-electron chi connectivity index (χ3n) is 4.54. The maximum absolute atomic E-state index is 12.2. The van der Waals surface area contributed by atoms with Gasteiger partial charge >= 0.3 is 0 Å². The molecule has 122 valence electrons. The van der Waals surface area contributed by atoms with Crippen LogP contribution >= 0.6 is 0 Å². The molecule has 0 saturated carbocycles. The summed E-state index contributed by atoms with van der Waals surface area (Å²) < 4.78 is 0. The molecule has 22 heavy (non-hydrogen) atoms. The van der Waals surface area contributed by atoms with Crippen molar-refractivity contribution in [1.82, 2.24) is 10.2 Å². The van der Waals surface area contributed by atoms with Crippen molar-refractivity contribution in [3.8, 4) is 0 Å². The summed E-state index contributed by atoms with van der Waals surface area (Å²) in [6.45, 7) is 6.14. The summed E-state index contributed by atoms with van der Waals surface area (Å²) in [5.41, 5.74) is 7.20. The van der Waals surface area contributed by atoms with Gasteiger partial charge in [-0.15, -0.1) is 0 Å². The van der Waals surface area contributed by atoms with Crippen LogP contribution in [0.4, 0.5) is 0 Å². The van der Waals surface area contributed by atoms with E-state index >= 15 is 0 Å². The fourth-order valence-electron chi connectivity index (χ4n) is 2.99. The number of nitrogens with zero attached hydrogens (tertiary/aromatic N) is 1. The molecule has 0 aliphatic carbocycles. The number of carbonyl (C=O) groups is 1. The number of amides is 1. The predicted molar refractivity (Wildman–Crippen MR) is 90.5 cm³/mol. The zero-order valence-electron chi connectivity index (χ0n) is 13.6. The summed E-state index contributed by atoms with van der Waals surface area (Å²) in [5, 5.41) is 3.03. The number of hydrogen-bond acceptors (Lipinski definition) is 3. The van der Waals surface area contributed by atoms with Crippen molar-refractivity contribution in [3.63, 3.8) is 0 Å². The molecular formula is C18H29N3O. The van der Waals surface area contributed by atoms with Crippen molar-refractivity contribution in [2.24, 2.45) is 11.7 Å². The molecule has 1 aliphatic heterocycles. The van der Waals surface area contributed by atoms with Crippen LogP contribution in [-0.2, 0) is 4.79 Å². The van der Waals surface area contributed by atoms with E-state index in [2.05, 4.69) is 10.2 Å². The Balaban J connectivity index is 1.67. The Hall–Kier alpha value is -1.39. The van der Waals surface area contributed by atoms with Crippen molar-refractivity contribution in [2.45, 2.75) is 38.6 Å². The van der Waals surface area contributed by atoms with Gasteiger partial charge in [-0.25, -0.2) is 0 Å². The van der Waals surface area contributed by atoms with Gasteiger partial charge in [0.15, 0.2) is 0 Å². The van der Waals surface area contributed by atoms with E-state index in [4.69, 9.17) is 5.73 Å². The summed E-state index contributed by atoms with van der Waals surface area (Å²) in [6, 6.07) is 9.58. The minimum atomic E-state index is -0.247. The summed E-state index contributed by atoms with van der Waals surface area (Å²) in [6.07, 6.45) is 5.01. The van der Waals surface area contributed by atoms with Gasteiger partial charge in [-0.05, 0) is 44.5 Å². The maximum Gasteiger partial charge on any atom is 0.224 e. The Labute approximate surface area is 134 Å². The quantitative estimate of drug-likeness (QED) is 0.760. The van der Waals surface area contributed by atoms with Gasteiger partial charge in [0.05, 0.1) is 5.92 Å². The SMILES string of the molecule is CC(C(=O)NCCCN1CCCCC1)C(N)c1ccccc1. The number of hydrogen-bond donors (Lipinski definition) is 2. The molecule has 1 aromatic rings. The van der Waals surface area contributed by atoms with Crippen LogP contribution in [0.25, 0.3) is 0 Å². The van der Waals surface area contributed by atoms with E-state index in [9.17, 15) is 4.79 Å². The van der Waals surface area contributed by atoms with Gasteiger partial charge in [0, 0.05) is 12.6 Å². The van der Waals surface area contributed by atoms with Gasteiger partial charge in [-0.2, -0.15) is 0 Å². The van der Waals surface area contributed by atoms with Crippen LogP contribution in [0.15, 0.2) is 30.3 Å². The first-order valence-electron chi connectivity index (χ1n) is 8.49. The van der Waals surface area contributed by atoms with Gasteiger partial charge in [0.2, 0.25) is 5.91 Å². The normalized spacial score (nSPS) is 18.6. The summed E-state index contributed by atoms with van der Waals surface area (Å²) >= 11 is 0. The molecule has 1 fully saturated rings. The number of benzene rings is 1.